The molecule has 3 atom stereocenters. The Balaban J connectivity index is 1.43. The van der Waals surface area contributed by atoms with E-state index in [-0.39, 0.29) is 0 Å². The maximum atomic E-state index is 12.7. The van der Waals surface area contributed by atoms with E-state index in [1.165, 1.54) is 12.8 Å². The van der Waals surface area contributed by atoms with E-state index in [0.29, 0.717) is 36.9 Å². The van der Waals surface area contributed by atoms with Crippen molar-refractivity contribution in [1.29, 1.82) is 0 Å². The van der Waals surface area contributed by atoms with E-state index in [9.17, 15) is 4.79 Å². The fraction of sp³-hybridized carbons (Fsp3) is 0.762. The minimum Gasteiger partial charge on any atom is -0.338 e. The van der Waals surface area contributed by atoms with Crippen molar-refractivity contribution in [2.24, 2.45) is 5.92 Å². The van der Waals surface area contributed by atoms with Crippen molar-refractivity contribution in [2.45, 2.75) is 77.4 Å². The lowest BCUT2D eigenvalue weighted by molar-refractivity contribution is -0.133. The topological polar surface area (TPSA) is 61.4 Å². The van der Waals surface area contributed by atoms with Crippen molar-refractivity contribution >= 4 is 11.9 Å². The maximum absolute atomic E-state index is 12.7. The highest BCUT2D eigenvalue weighted by atomic mass is 16.2. The van der Waals surface area contributed by atoms with Crippen LogP contribution in [0, 0.1) is 5.92 Å². The second-order valence-electron chi connectivity index (χ2n) is 8.42. The van der Waals surface area contributed by atoms with E-state index in [4.69, 9.17) is 9.97 Å². The molecule has 4 rings (SSSR count). The molecular weight excluding hydrogens is 338 g/mol. The number of anilines is 1. The summed E-state index contributed by atoms with van der Waals surface area (Å²) in [5, 5.41) is 3.51. The van der Waals surface area contributed by atoms with Crippen LogP contribution in [0.4, 0.5) is 5.95 Å². The highest BCUT2D eigenvalue weighted by molar-refractivity contribution is 5.76. The number of aromatic nitrogens is 2. The second kappa shape index (κ2) is 8.13. The van der Waals surface area contributed by atoms with Crippen molar-refractivity contribution in [3.05, 3.63) is 17.5 Å². The third kappa shape index (κ3) is 3.82. The van der Waals surface area contributed by atoms with Gasteiger partial charge in [-0.05, 0) is 18.8 Å². The lowest BCUT2D eigenvalue weighted by atomic mass is 9.95. The van der Waals surface area contributed by atoms with Gasteiger partial charge >= 0.3 is 0 Å². The summed E-state index contributed by atoms with van der Waals surface area (Å²) in [5.41, 5.74) is 2.27. The van der Waals surface area contributed by atoms with Crippen molar-refractivity contribution in [1.82, 2.24) is 20.2 Å². The van der Waals surface area contributed by atoms with Crippen LogP contribution in [0.5, 0.6) is 0 Å². The summed E-state index contributed by atoms with van der Waals surface area (Å²) in [7, 11) is 0. The van der Waals surface area contributed by atoms with E-state index < -0.39 is 0 Å². The van der Waals surface area contributed by atoms with Crippen molar-refractivity contribution in [2.75, 3.05) is 24.5 Å². The highest BCUT2D eigenvalue weighted by Crippen LogP contribution is 2.31. The van der Waals surface area contributed by atoms with E-state index in [2.05, 4.69) is 24.1 Å². The molecule has 0 radical (unpaired) electrons. The summed E-state index contributed by atoms with van der Waals surface area (Å²) >= 11 is 0. The van der Waals surface area contributed by atoms with Gasteiger partial charge in [0.2, 0.25) is 11.9 Å². The Morgan fingerprint density at radius 3 is 2.78 bits per heavy atom. The van der Waals surface area contributed by atoms with Crippen LogP contribution < -0.4 is 10.2 Å². The van der Waals surface area contributed by atoms with Crippen molar-refractivity contribution in [3.8, 4) is 0 Å². The SMILES string of the molecule is CCCC(CC)CC(=O)N1CCc2nc(N3C4CCC3CNC4)ncc2C1. The minimum atomic E-state index is 0.296. The molecule has 2 saturated heterocycles. The average Bonchev–Trinajstić information content (AvgIpc) is 2.95. The molecule has 0 aromatic carbocycles. The molecule has 3 unspecified atom stereocenters. The molecule has 3 aliphatic heterocycles. The first-order valence-electron chi connectivity index (χ1n) is 10.8. The summed E-state index contributed by atoms with van der Waals surface area (Å²) in [6.07, 6.45) is 9.36. The normalized spacial score (nSPS) is 25.4. The number of hydrogen-bond acceptors (Lipinski definition) is 5. The molecule has 1 aromatic heterocycles. The third-order valence-corrected chi connectivity index (χ3v) is 6.62. The van der Waals surface area contributed by atoms with Gasteiger partial charge in [0, 0.05) is 62.9 Å². The largest absolute Gasteiger partial charge is 0.338 e. The van der Waals surface area contributed by atoms with Gasteiger partial charge in [-0.1, -0.05) is 33.1 Å². The Bertz CT molecular complexity index is 663. The van der Waals surface area contributed by atoms with Crippen molar-refractivity contribution in [3.63, 3.8) is 0 Å². The molecule has 4 heterocycles. The van der Waals surface area contributed by atoms with E-state index in [0.717, 1.165) is 62.5 Å². The zero-order valence-electron chi connectivity index (χ0n) is 16.8. The lowest BCUT2D eigenvalue weighted by Gasteiger charge is -2.36. The number of piperazine rings is 1. The number of fused-ring (bicyclic) bond motifs is 3. The number of nitrogens with zero attached hydrogens (tertiary/aromatic N) is 4. The van der Waals surface area contributed by atoms with Crippen LogP contribution in [0.15, 0.2) is 6.20 Å². The molecule has 2 fully saturated rings. The number of nitrogens with one attached hydrogen (secondary N) is 1. The summed E-state index contributed by atoms with van der Waals surface area (Å²) < 4.78 is 0. The van der Waals surface area contributed by atoms with Crippen molar-refractivity contribution < 1.29 is 4.79 Å². The first kappa shape index (κ1) is 18.7. The molecule has 27 heavy (non-hydrogen) atoms. The van der Waals surface area contributed by atoms with E-state index in [1.54, 1.807) is 0 Å². The molecule has 6 nitrogen and oxygen atoms in total. The predicted molar refractivity (Wildman–Crippen MR) is 107 cm³/mol. The van der Waals surface area contributed by atoms with Crippen LogP contribution in [0.3, 0.4) is 0 Å². The smallest absolute Gasteiger partial charge is 0.226 e. The Morgan fingerprint density at radius 2 is 2.07 bits per heavy atom. The van der Waals surface area contributed by atoms with Crippen LogP contribution in [0.2, 0.25) is 0 Å². The van der Waals surface area contributed by atoms with Gasteiger partial charge < -0.3 is 15.1 Å². The highest BCUT2D eigenvalue weighted by Gasteiger charge is 2.38. The second-order valence-corrected chi connectivity index (χ2v) is 8.42. The Kier molecular flexibility index (Phi) is 5.62. The van der Waals surface area contributed by atoms with Crippen LogP contribution in [-0.2, 0) is 17.8 Å². The third-order valence-electron chi connectivity index (χ3n) is 6.62. The van der Waals surface area contributed by atoms with Gasteiger partial charge in [0.05, 0.1) is 5.69 Å². The van der Waals surface area contributed by atoms with E-state index in [1.807, 2.05) is 11.1 Å². The molecule has 6 heteroatoms. The molecule has 2 bridgehead atoms. The Hall–Kier alpha value is -1.69. The van der Waals surface area contributed by atoms with Crippen LogP contribution >= 0.6 is 0 Å². The molecule has 1 amide bonds. The molecule has 1 N–H and O–H groups in total. The first-order valence-corrected chi connectivity index (χ1v) is 10.8. The van der Waals surface area contributed by atoms with Gasteiger partial charge in [-0.3, -0.25) is 4.79 Å². The van der Waals surface area contributed by atoms with Gasteiger partial charge in [0.15, 0.2) is 0 Å². The fourth-order valence-corrected chi connectivity index (χ4v) is 4.98. The summed E-state index contributed by atoms with van der Waals surface area (Å²) in [5.74, 6) is 1.72. The minimum absolute atomic E-state index is 0.296. The Labute approximate surface area is 162 Å². The van der Waals surface area contributed by atoms with Crippen LogP contribution in [0.1, 0.15) is 63.6 Å². The number of carbonyl (C=O) groups is 1. The van der Waals surface area contributed by atoms with Crippen LogP contribution in [0.25, 0.3) is 0 Å². The van der Waals surface area contributed by atoms with Gasteiger partial charge in [0.1, 0.15) is 0 Å². The molecule has 1 aromatic rings. The molecule has 0 saturated carbocycles. The zero-order valence-corrected chi connectivity index (χ0v) is 16.8. The zero-order chi connectivity index (χ0) is 18.8. The standard InChI is InChI=1S/C21H33N5O/c1-3-5-15(4-2)10-20(27)25-9-8-19-16(14-25)11-23-21(24-19)26-17-6-7-18(26)13-22-12-17/h11,15,17-18,22H,3-10,12-14H2,1-2H3. The number of amides is 1. The number of rotatable bonds is 6. The Morgan fingerprint density at radius 1 is 1.30 bits per heavy atom. The van der Waals surface area contributed by atoms with E-state index >= 15 is 0 Å². The summed E-state index contributed by atoms with van der Waals surface area (Å²) in [4.78, 5) is 26.8. The lowest BCUT2D eigenvalue weighted by Crippen LogP contribution is -2.52. The monoisotopic (exact) mass is 371 g/mol. The van der Waals surface area contributed by atoms with Gasteiger partial charge in [-0.15, -0.1) is 0 Å². The number of hydrogen-bond donors (Lipinski definition) is 1. The molecule has 0 aliphatic carbocycles. The maximum Gasteiger partial charge on any atom is 0.226 e. The van der Waals surface area contributed by atoms with Gasteiger partial charge in [-0.2, -0.15) is 0 Å². The average molecular weight is 372 g/mol. The first-order chi connectivity index (χ1) is 13.2. The predicted octanol–water partition coefficient (Wildman–Crippen LogP) is 2.52. The van der Waals surface area contributed by atoms with Gasteiger partial charge in [0.25, 0.3) is 0 Å². The van der Waals surface area contributed by atoms with Crippen LogP contribution in [-0.4, -0.2) is 52.5 Å². The molecule has 0 spiro atoms. The fourth-order valence-electron chi connectivity index (χ4n) is 4.98. The molecular formula is C21H33N5O. The number of carbonyl (C=O) groups excluding carboxylic acids is 1. The molecule has 3 aliphatic rings. The molecule has 148 valence electrons. The summed E-state index contributed by atoms with van der Waals surface area (Å²) in [6, 6.07) is 1.07. The van der Waals surface area contributed by atoms with Gasteiger partial charge in [-0.25, -0.2) is 9.97 Å². The quantitative estimate of drug-likeness (QED) is 0.833. The summed E-state index contributed by atoms with van der Waals surface area (Å²) in [6.45, 7) is 7.93.